The predicted octanol–water partition coefficient (Wildman–Crippen LogP) is 7.92. The van der Waals surface area contributed by atoms with Crippen LogP contribution < -0.4 is 9.46 Å². The molecule has 0 aliphatic carbocycles. The van der Waals surface area contributed by atoms with Crippen molar-refractivity contribution < 1.29 is 17.9 Å². The quantitative estimate of drug-likeness (QED) is 0.275. The molecule has 0 unspecified atom stereocenters. The molecule has 0 bridgehead atoms. The highest BCUT2D eigenvalue weighted by Crippen LogP contribution is 2.38. The van der Waals surface area contributed by atoms with E-state index in [1.807, 2.05) is 36.4 Å². The third-order valence-electron chi connectivity index (χ3n) is 5.60. The molecule has 4 aromatic rings. The summed E-state index contributed by atoms with van der Waals surface area (Å²) in [5.74, 6) is -0.245. The molecular formula is C23H18Cl2F3N3OS. The minimum absolute atomic E-state index is 0.245. The molecule has 1 atom stereocenters. The molecule has 5 rings (SSSR count). The van der Waals surface area contributed by atoms with Crippen LogP contribution >= 0.6 is 35.3 Å². The summed E-state index contributed by atoms with van der Waals surface area (Å²) >= 11 is 14.0. The van der Waals surface area contributed by atoms with Crippen molar-refractivity contribution in [3.63, 3.8) is 0 Å². The number of hydrogen-bond acceptors (Lipinski definition) is 4. The van der Waals surface area contributed by atoms with Gasteiger partial charge in [0.25, 0.3) is 0 Å². The fraction of sp³-hybridized carbons (Fsp3) is 0.217. The lowest BCUT2D eigenvalue weighted by molar-refractivity contribution is -0.274. The van der Waals surface area contributed by atoms with Crippen LogP contribution in [-0.4, -0.2) is 28.3 Å². The first kappa shape index (κ1) is 22.5. The van der Waals surface area contributed by atoms with Crippen LogP contribution in [-0.2, 0) is 0 Å². The highest BCUT2D eigenvalue weighted by molar-refractivity contribution is 7.98. The Morgan fingerprint density at radius 2 is 1.52 bits per heavy atom. The number of alkyl halides is 3. The number of benzene rings is 3. The molecule has 0 saturated carbocycles. The Morgan fingerprint density at radius 3 is 2.09 bits per heavy atom. The second kappa shape index (κ2) is 8.83. The van der Waals surface area contributed by atoms with Gasteiger partial charge in [-0.05, 0) is 67.1 Å². The Morgan fingerprint density at radius 1 is 0.909 bits per heavy atom. The summed E-state index contributed by atoms with van der Waals surface area (Å²) in [5, 5.41) is 3.51. The molecule has 1 fully saturated rings. The molecule has 0 amide bonds. The van der Waals surface area contributed by atoms with Gasteiger partial charge in [-0.3, -0.25) is 0 Å². The maximum absolute atomic E-state index is 12.3. The Hall–Kier alpha value is -2.26. The van der Waals surface area contributed by atoms with E-state index in [1.54, 1.807) is 12.1 Å². The van der Waals surface area contributed by atoms with Crippen molar-refractivity contribution >= 4 is 62.8 Å². The van der Waals surface area contributed by atoms with Gasteiger partial charge in [-0.2, -0.15) is 0 Å². The van der Waals surface area contributed by atoms with E-state index in [1.165, 1.54) is 24.3 Å². The summed E-state index contributed by atoms with van der Waals surface area (Å²) in [6.45, 7) is 1.66. The van der Waals surface area contributed by atoms with Crippen molar-refractivity contribution in [2.24, 2.45) is 0 Å². The first-order valence-electron chi connectivity index (χ1n) is 10.2. The maximum Gasteiger partial charge on any atom is 0.573 e. The SMILES string of the molecule is FC(F)(F)Oc1ccc(NSN2CC[C@@H](n3c4ccc(Cl)cc4c4cc(Cl)ccc43)C2)cc1. The lowest BCUT2D eigenvalue weighted by atomic mass is 10.1. The summed E-state index contributed by atoms with van der Waals surface area (Å²) in [7, 11) is 0. The monoisotopic (exact) mass is 511 g/mol. The predicted molar refractivity (Wildman–Crippen MR) is 129 cm³/mol. The summed E-state index contributed by atoms with van der Waals surface area (Å²) in [4.78, 5) is 0. The van der Waals surface area contributed by atoms with Gasteiger partial charge in [0.2, 0.25) is 0 Å². The van der Waals surface area contributed by atoms with Crippen LogP contribution in [0.2, 0.25) is 10.0 Å². The average molecular weight is 512 g/mol. The van der Waals surface area contributed by atoms with E-state index in [9.17, 15) is 13.2 Å². The van der Waals surface area contributed by atoms with Gasteiger partial charge < -0.3 is 14.0 Å². The zero-order valence-electron chi connectivity index (χ0n) is 17.1. The molecule has 1 aliphatic rings. The Bertz CT molecular complexity index is 1250. The van der Waals surface area contributed by atoms with E-state index < -0.39 is 6.36 Å². The van der Waals surface area contributed by atoms with Gasteiger partial charge >= 0.3 is 6.36 Å². The Kier molecular flexibility index (Phi) is 6.03. The normalized spacial score (nSPS) is 17.2. The van der Waals surface area contributed by atoms with E-state index in [0.29, 0.717) is 15.7 Å². The third-order valence-corrected chi connectivity index (χ3v) is 6.99. The van der Waals surface area contributed by atoms with Crippen molar-refractivity contribution in [1.29, 1.82) is 0 Å². The summed E-state index contributed by atoms with van der Waals surface area (Å²) < 4.78 is 48.6. The number of anilines is 1. The number of rotatable bonds is 5. The van der Waals surface area contributed by atoms with Crippen LogP contribution in [0, 0.1) is 0 Å². The third kappa shape index (κ3) is 4.84. The molecule has 3 aromatic carbocycles. The molecule has 0 spiro atoms. The van der Waals surface area contributed by atoms with Crippen molar-refractivity contribution in [3.05, 3.63) is 70.7 Å². The van der Waals surface area contributed by atoms with Gasteiger partial charge in [-0.15, -0.1) is 13.2 Å². The molecule has 1 saturated heterocycles. The van der Waals surface area contributed by atoms with Crippen molar-refractivity contribution in [1.82, 2.24) is 8.87 Å². The second-order valence-corrected chi connectivity index (χ2v) is 9.56. The van der Waals surface area contributed by atoms with E-state index in [0.717, 1.165) is 41.3 Å². The Labute approximate surface area is 202 Å². The van der Waals surface area contributed by atoms with Gasteiger partial charge in [0.05, 0.1) is 0 Å². The molecule has 0 radical (unpaired) electrons. The molecule has 33 heavy (non-hydrogen) atoms. The van der Waals surface area contributed by atoms with E-state index in [-0.39, 0.29) is 11.8 Å². The molecule has 172 valence electrons. The fourth-order valence-corrected chi connectivity index (χ4v) is 5.40. The molecular weight excluding hydrogens is 494 g/mol. The smallest absolute Gasteiger partial charge is 0.406 e. The van der Waals surface area contributed by atoms with Crippen LogP contribution in [0.1, 0.15) is 12.5 Å². The van der Waals surface area contributed by atoms with Crippen LogP contribution in [0.15, 0.2) is 60.7 Å². The van der Waals surface area contributed by atoms with Crippen molar-refractivity contribution in [2.75, 3.05) is 17.8 Å². The minimum atomic E-state index is -4.70. The summed E-state index contributed by atoms with van der Waals surface area (Å²) in [6, 6.07) is 17.8. The molecule has 1 N–H and O–H groups in total. The number of nitrogens with zero attached hydrogens (tertiary/aromatic N) is 2. The van der Waals surface area contributed by atoms with Gasteiger partial charge in [-0.1, -0.05) is 23.2 Å². The molecule has 4 nitrogen and oxygen atoms in total. The van der Waals surface area contributed by atoms with Crippen LogP contribution in [0.25, 0.3) is 21.8 Å². The molecule has 1 aliphatic heterocycles. The zero-order chi connectivity index (χ0) is 23.2. The molecule has 10 heteroatoms. The summed E-state index contributed by atoms with van der Waals surface area (Å²) in [6.07, 6.45) is -3.74. The highest BCUT2D eigenvalue weighted by Gasteiger charge is 2.31. The van der Waals surface area contributed by atoms with Gasteiger partial charge in [0, 0.05) is 68.8 Å². The number of nitrogens with one attached hydrogen (secondary N) is 1. The lowest BCUT2D eigenvalue weighted by Crippen LogP contribution is -2.17. The van der Waals surface area contributed by atoms with Crippen LogP contribution in [0.3, 0.4) is 0 Å². The highest BCUT2D eigenvalue weighted by atomic mass is 35.5. The summed E-state index contributed by atoms with van der Waals surface area (Å²) in [5.41, 5.74) is 2.92. The second-order valence-electron chi connectivity index (χ2n) is 7.79. The van der Waals surface area contributed by atoms with Crippen LogP contribution in [0.5, 0.6) is 5.75 Å². The number of hydrogen-bond donors (Lipinski definition) is 1. The number of fused-ring (bicyclic) bond motifs is 3. The van der Waals surface area contributed by atoms with E-state index in [2.05, 4.69) is 18.3 Å². The lowest BCUT2D eigenvalue weighted by Gasteiger charge is -2.18. The average Bonchev–Trinajstić information content (AvgIpc) is 3.34. The number of ether oxygens (including phenoxy) is 1. The molecule has 1 aromatic heterocycles. The number of aromatic nitrogens is 1. The standard InChI is InChI=1S/C23H18Cl2F3N3OS/c24-14-1-7-21-19(11-14)20-12-15(25)2-8-22(20)31(21)17-9-10-30(13-17)33-29-16-3-5-18(6-4-16)32-23(26,27)28/h1-8,11-12,17,29H,9-10,13H2/t17-/m1/s1. The Balaban J connectivity index is 1.31. The van der Waals surface area contributed by atoms with E-state index >= 15 is 0 Å². The molecule has 2 heterocycles. The minimum Gasteiger partial charge on any atom is -0.406 e. The number of halogens is 5. The van der Waals surface area contributed by atoms with Gasteiger partial charge in [0.15, 0.2) is 0 Å². The first-order valence-corrected chi connectivity index (χ1v) is 11.7. The van der Waals surface area contributed by atoms with Crippen LogP contribution in [0.4, 0.5) is 18.9 Å². The van der Waals surface area contributed by atoms with E-state index in [4.69, 9.17) is 23.2 Å². The zero-order valence-corrected chi connectivity index (χ0v) is 19.4. The largest absolute Gasteiger partial charge is 0.573 e. The first-order chi connectivity index (χ1) is 15.8. The van der Waals surface area contributed by atoms with Crippen molar-refractivity contribution in [3.8, 4) is 5.75 Å². The maximum atomic E-state index is 12.3. The topological polar surface area (TPSA) is 29.4 Å². The fourth-order valence-electron chi connectivity index (χ4n) is 4.24. The van der Waals surface area contributed by atoms with Crippen molar-refractivity contribution in [2.45, 2.75) is 18.8 Å². The van der Waals surface area contributed by atoms with Gasteiger partial charge in [0.1, 0.15) is 5.75 Å². The van der Waals surface area contributed by atoms with Gasteiger partial charge in [-0.25, -0.2) is 4.31 Å².